The Morgan fingerprint density at radius 1 is 1.05 bits per heavy atom. The van der Waals surface area contributed by atoms with Crippen molar-refractivity contribution in [3.63, 3.8) is 0 Å². The largest absolute Gasteiger partial charge is 0.329 e. The zero-order valence-corrected chi connectivity index (χ0v) is 15.0. The van der Waals surface area contributed by atoms with Crippen molar-refractivity contribution in [3.8, 4) is 0 Å². The van der Waals surface area contributed by atoms with Gasteiger partial charge in [-0.2, -0.15) is 0 Å². The van der Waals surface area contributed by atoms with E-state index in [1.807, 2.05) is 0 Å². The van der Waals surface area contributed by atoms with Crippen LogP contribution in [0.2, 0.25) is 0 Å². The van der Waals surface area contributed by atoms with Gasteiger partial charge >= 0.3 is 0 Å². The standard InChI is InChI=1S/C19H38N2/c1-5-16-7-6-13-21(14-10-16)19(15-20)11-8-17(9-12-19)18(2,3)4/h16-17H,5-15,20H2,1-4H3. The molecule has 2 rings (SSSR count). The minimum absolute atomic E-state index is 0.324. The van der Waals surface area contributed by atoms with Crippen LogP contribution in [0.1, 0.15) is 79.1 Å². The van der Waals surface area contributed by atoms with Gasteiger partial charge in [0, 0.05) is 12.1 Å². The van der Waals surface area contributed by atoms with E-state index in [0.29, 0.717) is 11.0 Å². The summed E-state index contributed by atoms with van der Waals surface area (Å²) < 4.78 is 0. The van der Waals surface area contributed by atoms with Crippen LogP contribution in [-0.4, -0.2) is 30.1 Å². The van der Waals surface area contributed by atoms with Gasteiger partial charge in [0.25, 0.3) is 0 Å². The lowest BCUT2D eigenvalue weighted by Crippen LogP contribution is -2.56. The first-order valence-corrected chi connectivity index (χ1v) is 9.36. The lowest BCUT2D eigenvalue weighted by atomic mass is 9.66. The molecular weight excluding hydrogens is 256 g/mol. The fourth-order valence-electron chi connectivity index (χ4n) is 4.72. The Balaban J connectivity index is 1.99. The van der Waals surface area contributed by atoms with Crippen LogP contribution in [0.4, 0.5) is 0 Å². The van der Waals surface area contributed by atoms with Crippen molar-refractivity contribution in [2.75, 3.05) is 19.6 Å². The van der Waals surface area contributed by atoms with E-state index in [2.05, 4.69) is 32.6 Å². The van der Waals surface area contributed by atoms with Crippen molar-refractivity contribution in [1.29, 1.82) is 0 Å². The molecule has 2 fully saturated rings. The molecular formula is C19H38N2. The molecule has 21 heavy (non-hydrogen) atoms. The lowest BCUT2D eigenvalue weighted by Gasteiger charge is -2.49. The van der Waals surface area contributed by atoms with Crippen LogP contribution in [0.25, 0.3) is 0 Å². The fraction of sp³-hybridized carbons (Fsp3) is 1.00. The minimum Gasteiger partial charge on any atom is -0.329 e. The van der Waals surface area contributed by atoms with Crippen LogP contribution in [0.3, 0.4) is 0 Å². The van der Waals surface area contributed by atoms with Gasteiger partial charge in [-0.1, -0.05) is 34.1 Å². The molecule has 1 saturated heterocycles. The molecule has 0 aromatic rings. The molecule has 1 heterocycles. The van der Waals surface area contributed by atoms with E-state index in [1.165, 1.54) is 64.5 Å². The molecule has 124 valence electrons. The van der Waals surface area contributed by atoms with Crippen LogP contribution < -0.4 is 5.73 Å². The average molecular weight is 295 g/mol. The lowest BCUT2D eigenvalue weighted by molar-refractivity contribution is 0.0225. The predicted molar refractivity (Wildman–Crippen MR) is 92.4 cm³/mol. The van der Waals surface area contributed by atoms with Gasteiger partial charge in [-0.25, -0.2) is 0 Å². The van der Waals surface area contributed by atoms with Gasteiger partial charge in [-0.3, -0.25) is 4.90 Å². The van der Waals surface area contributed by atoms with Crippen LogP contribution >= 0.6 is 0 Å². The molecule has 0 aromatic carbocycles. The maximum Gasteiger partial charge on any atom is 0.0331 e. The first-order valence-electron chi connectivity index (χ1n) is 9.36. The highest BCUT2D eigenvalue weighted by molar-refractivity contribution is 4.98. The Labute approximate surface area is 132 Å². The van der Waals surface area contributed by atoms with Crippen molar-refractivity contribution in [1.82, 2.24) is 4.90 Å². The highest BCUT2D eigenvalue weighted by Crippen LogP contribution is 2.44. The summed E-state index contributed by atoms with van der Waals surface area (Å²) in [5, 5.41) is 0. The molecule has 2 nitrogen and oxygen atoms in total. The molecule has 2 N–H and O–H groups in total. The van der Waals surface area contributed by atoms with Gasteiger partial charge in [-0.15, -0.1) is 0 Å². The Morgan fingerprint density at radius 2 is 1.71 bits per heavy atom. The molecule has 1 aliphatic heterocycles. The number of likely N-dealkylation sites (tertiary alicyclic amines) is 1. The summed E-state index contributed by atoms with van der Waals surface area (Å²) in [4.78, 5) is 2.79. The van der Waals surface area contributed by atoms with Crippen LogP contribution in [-0.2, 0) is 0 Å². The first-order chi connectivity index (χ1) is 9.91. The normalized spacial score (nSPS) is 36.4. The van der Waals surface area contributed by atoms with Crippen molar-refractivity contribution < 1.29 is 0 Å². The monoisotopic (exact) mass is 294 g/mol. The third-order valence-electron chi connectivity index (χ3n) is 6.62. The molecule has 1 aliphatic carbocycles. The van der Waals surface area contributed by atoms with E-state index in [1.54, 1.807) is 0 Å². The molecule has 0 amide bonds. The van der Waals surface area contributed by atoms with Crippen molar-refractivity contribution in [3.05, 3.63) is 0 Å². The third kappa shape index (κ3) is 4.01. The van der Waals surface area contributed by atoms with Crippen LogP contribution in [0.15, 0.2) is 0 Å². The minimum atomic E-state index is 0.324. The Bertz CT molecular complexity index is 310. The van der Waals surface area contributed by atoms with E-state index < -0.39 is 0 Å². The predicted octanol–water partition coefficient (Wildman–Crippen LogP) is 4.43. The Morgan fingerprint density at radius 3 is 2.24 bits per heavy atom. The second kappa shape index (κ2) is 7.00. The molecule has 2 aliphatic rings. The van der Waals surface area contributed by atoms with Crippen molar-refractivity contribution in [2.45, 2.75) is 84.6 Å². The highest BCUT2D eigenvalue weighted by atomic mass is 15.2. The van der Waals surface area contributed by atoms with Gasteiger partial charge in [-0.05, 0) is 75.3 Å². The number of nitrogens with zero attached hydrogens (tertiary/aromatic N) is 1. The summed E-state index contributed by atoms with van der Waals surface area (Å²) in [5.41, 5.74) is 7.09. The van der Waals surface area contributed by atoms with Crippen LogP contribution in [0.5, 0.6) is 0 Å². The third-order valence-corrected chi connectivity index (χ3v) is 6.62. The molecule has 0 aromatic heterocycles. The maximum absolute atomic E-state index is 6.30. The Kier molecular flexibility index (Phi) is 5.76. The molecule has 0 spiro atoms. The number of nitrogens with two attached hydrogens (primary N) is 1. The van der Waals surface area contributed by atoms with E-state index in [-0.39, 0.29) is 0 Å². The number of rotatable bonds is 3. The number of hydrogen-bond donors (Lipinski definition) is 1. The van der Waals surface area contributed by atoms with Gasteiger partial charge in [0.05, 0.1) is 0 Å². The van der Waals surface area contributed by atoms with Crippen LogP contribution in [0, 0.1) is 17.3 Å². The molecule has 0 radical (unpaired) electrons. The molecule has 1 unspecified atom stereocenters. The molecule has 1 saturated carbocycles. The van der Waals surface area contributed by atoms with E-state index >= 15 is 0 Å². The SMILES string of the molecule is CCC1CCCN(C2(CN)CCC(C(C)(C)C)CC2)CC1. The smallest absolute Gasteiger partial charge is 0.0331 e. The van der Waals surface area contributed by atoms with Gasteiger partial charge in [0.1, 0.15) is 0 Å². The first kappa shape index (κ1) is 17.3. The summed E-state index contributed by atoms with van der Waals surface area (Å²) in [5.74, 6) is 1.84. The van der Waals surface area contributed by atoms with Gasteiger partial charge in [0.15, 0.2) is 0 Å². The average Bonchev–Trinajstić information content (AvgIpc) is 2.72. The zero-order valence-electron chi connectivity index (χ0n) is 15.0. The summed E-state index contributed by atoms with van der Waals surface area (Å²) in [7, 11) is 0. The second-order valence-corrected chi connectivity index (χ2v) is 8.76. The molecule has 2 heteroatoms. The number of hydrogen-bond acceptors (Lipinski definition) is 2. The molecule has 0 bridgehead atoms. The van der Waals surface area contributed by atoms with Crippen molar-refractivity contribution in [2.24, 2.45) is 23.0 Å². The van der Waals surface area contributed by atoms with E-state index in [0.717, 1.165) is 18.4 Å². The summed E-state index contributed by atoms with van der Waals surface area (Å²) in [6.45, 7) is 13.0. The molecule has 1 atom stereocenters. The summed E-state index contributed by atoms with van der Waals surface area (Å²) in [6, 6.07) is 0. The quantitative estimate of drug-likeness (QED) is 0.834. The van der Waals surface area contributed by atoms with E-state index in [4.69, 9.17) is 5.73 Å². The van der Waals surface area contributed by atoms with Gasteiger partial charge in [0.2, 0.25) is 0 Å². The summed E-state index contributed by atoms with van der Waals surface area (Å²) >= 11 is 0. The fourth-order valence-corrected chi connectivity index (χ4v) is 4.72. The van der Waals surface area contributed by atoms with E-state index in [9.17, 15) is 0 Å². The summed E-state index contributed by atoms with van der Waals surface area (Å²) in [6.07, 6.45) is 10.9. The van der Waals surface area contributed by atoms with Gasteiger partial charge < -0.3 is 5.73 Å². The van der Waals surface area contributed by atoms with Crippen molar-refractivity contribution >= 4 is 0 Å². The topological polar surface area (TPSA) is 29.3 Å². The highest BCUT2D eigenvalue weighted by Gasteiger charge is 2.41. The zero-order chi connectivity index (χ0) is 15.5. The Hall–Kier alpha value is -0.0800. The second-order valence-electron chi connectivity index (χ2n) is 8.76. The maximum atomic E-state index is 6.30.